The summed E-state index contributed by atoms with van der Waals surface area (Å²) in [7, 11) is 1.50. The summed E-state index contributed by atoms with van der Waals surface area (Å²) < 4.78 is 79.6. The lowest BCUT2D eigenvalue weighted by molar-refractivity contribution is -0.141. The Hall–Kier alpha value is -6.31. The van der Waals surface area contributed by atoms with Gasteiger partial charge in [0.2, 0.25) is 17.7 Å². The van der Waals surface area contributed by atoms with Gasteiger partial charge in [0.1, 0.15) is 46.4 Å². The third-order valence-electron chi connectivity index (χ3n) is 12.1. The fourth-order valence-electron chi connectivity index (χ4n) is 8.20. The molecule has 0 bridgehead atoms. The van der Waals surface area contributed by atoms with E-state index in [9.17, 15) is 31.9 Å². The van der Waals surface area contributed by atoms with Crippen LogP contribution in [-0.2, 0) is 17.5 Å². The third-order valence-corrected chi connectivity index (χ3v) is 13.9. The minimum absolute atomic E-state index is 0.0664. The number of anilines is 2. The Balaban J connectivity index is 0.995. The van der Waals surface area contributed by atoms with Crippen molar-refractivity contribution < 1.29 is 36.6 Å². The minimum Gasteiger partial charge on any atom is -0.480 e. The van der Waals surface area contributed by atoms with Gasteiger partial charge in [-0.25, -0.2) is 43.4 Å². The van der Waals surface area contributed by atoms with Crippen molar-refractivity contribution in [2.45, 2.75) is 94.2 Å². The zero-order valence-corrected chi connectivity index (χ0v) is 39.9. The molecule has 4 N–H and O–H groups in total. The molecule has 1 unspecified atom stereocenters. The summed E-state index contributed by atoms with van der Waals surface area (Å²) >= 11 is 1.50. The van der Waals surface area contributed by atoms with E-state index in [1.807, 2.05) is 13.0 Å². The van der Waals surface area contributed by atoms with E-state index in [2.05, 4.69) is 39.5 Å². The maximum absolute atomic E-state index is 14.6. The number of ether oxygens (including phenoxy) is 1. The van der Waals surface area contributed by atoms with Crippen LogP contribution in [-0.4, -0.2) is 121 Å². The number of aromatic nitrogens is 9. The van der Waals surface area contributed by atoms with E-state index < -0.39 is 29.1 Å². The lowest BCUT2D eigenvalue weighted by atomic mass is 10.1. The molecule has 6 heterocycles. The number of nitrogens with one attached hydrogen (secondary N) is 3. The van der Waals surface area contributed by atoms with Crippen LogP contribution in [0.15, 0.2) is 66.5 Å². The highest BCUT2D eigenvalue weighted by atomic mass is 32.2. The molecule has 1 aliphatic heterocycles. The molecule has 368 valence electrons. The topological polar surface area (TPSA) is 216 Å². The molecule has 0 radical (unpaired) electrons. The van der Waals surface area contributed by atoms with E-state index in [1.165, 1.54) is 36.3 Å². The summed E-state index contributed by atoms with van der Waals surface area (Å²) in [6, 6.07) is 8.18. The van der Waals surface area contributed by atoms with Gasteiger partial charge in [-0.05, 0) is 81.8 Å². The molecule has 2 saturated carbocycles. The smallest absolute Gasteiger partial charge is 0.434 e. The monoisotopic (exact) mass is 1010 g/mol. The largest absolute Gasteiger partial charge is 0.480 e. The number of thioether (sulfide) groups is 1. The lowest BCUT2D eigenvalue weighted by Crippen LogP contribution is -2.56. The van der Waals surface area contributed by atoms with Gasteiger partial charge in [0.05, 0.1) is 30.2 Å². The molecule has 2 aliphatic carbocycles. The first-order valence-electron chi connectivity index (χ1n) is 22.3. The molecule has 1 saturated heterocycles. The number of benzene rings is 1. The van der Waals surface area contributed by atoms with Crippen LogP contribution in [0.2, 0.25) is 0 Å². The van der Waals surface area contributed by atoms with Crippen molar-refractivity contribution in [1.29, 1.82) is 10.8 Å². The van der Waals surface area contributed by atoms with Crippen molar-refractivity contribution in [3.63, 3.8) is 0 Å². The first-order valence-corrected chi connectivity index (χ1v) is 24.0. The summed E-state index contributed by atoms with van der Waals surface area (Å²) in [5.74, 6) is 0.911. The minimum atomic E-state index is -4.62. The van der Waals surface area contributed by atoms with Gasteiger partial charge in [-0.1, -0.05) is 24.3 Å². The molecule has 1 aromatic carbocycles. The Kier molecular flexibility index (Phi) is 13.5. The number of aliphatic hydroxyl groups is 1. The Labute approximate surface area is 406 Å². The van der Waals surface area contributed by atoms with Crippen LogP contribution in [0.25, 0.3) is 28.3 Å². The number of hydrogen-bond acceptors (Lipinski definition) is 17. The zero-order chi connectivity index (χ0) is 49.6. The van der Waals surface area contributed by atoms with Crippen LogP contribution in [0.4, 0.5) is 33.6 Å². The van der Waals surface area contributed by atoms with E-state index >= 15 is 0 Å². The van der Waals surface area contributed by atoms with Gasteiger partial charge in [0, 0.05) is 67.0 Å². The zero-order valence-electron chi connectivity index (χ0n) is 38.3. The molecule has 70 heavy (non-hydrogen) atoms. The van der Waals surface area contributed by atoms with Crippen molar-refractivity contribution >= 4 is 56.9 Å². The van der Waals surface area contributed by atoms with Gasteiger partial charge < -0.3 is 29.1 Å². The average molecular weight is 1010 g/mol. The number of imidazole rings is 2. The van der Waals surface area contributed by atoms with Crippen LogP contribution in [0, 0.1) is 10.8 Å². The lowest BCUT2D eigenvalue weighted by Gasteiger charge is -2.42. The number of amides is 1. The highest BCUT2D eigenvalue weighted by Gasteiger charge is 2.41. The number of carbonyl (C=O) groups excluding carboxylic acids is 1. The molecule has 0 spiro atoms. The fourth-order valence-corrected chi connectivity index (χ4v) is 9.59. The second kappa shape index (κ2) is 19.5. The SMILES string of the molecule is COc1ncnc(C2CC2)c1-c1ncnc(N(CC(=O)N2CCN(c3cc(SNC4(O)CC4)cn4c(C(=N)SC(=N)C(F)F)ncc34)CC2C)Cc2ccc(-c3nc(C(F)(F)F)cn3C(C)C)cc2)n1. The second-order valence-electron chi connectivity index (χ2n) is 17.6. The van der Waals surface area contributed by atoms with E-state index in [4.69, 9.17) is 20.5 Å². The fraction of sp³-hybridized carbons (Fsp3) is 0.422. The van der Waals surface area contributed by atoms with Gasteiger partial charge in [-0.15, -0.1) is 0 Å². The molecule has 1 atom stereocenters. The number of hydrogen-bond donors (Lipinski definition) is 4. The van der Waals surface area contributed by atoms with Crippen molar-refractivity contribution in [2.75, 3.05) is 43.1 Å². The quantitative estimate of drug-likeness (QED) is 0.0244. The first kappa shape index (κ1) is 48.7. The van der Waals surface area contributed by atoms with Crippen LogP contribution in [0.5, 0.6) is 5.88 Å². The molecule has 3 aliphatic rings. The normalized spacial score (nSPS) is 16.9. The molecule has 5 aromatic heterocycles. The molecule has 18 nitrogen and oxygen atoms in total. The Bertz CT molecular complexity index is 2940. The number of alkyl halides is 5. The third kappa shape index (κ3) is 10.4. The van der Waals surface area contributed by atoms with E-state index in [-0.39, 0.29) is 72.0 Å². The van der Waals surface area contributed by atoms with Crippen LogP contribution < -0.4 is 19.3 Å². The maximum atomic E-state index is 14.6. The summed E-state index contributed by atoms with van der Waals surface area (Å²) in [6.45, 7) is 6.45. The standard InChI is InChI=1S/C45H48F5N15O3S2/c1-24(2)64-20-32(45(48,49)50)58-40(64)28-7-5-26(6-8-28)18-62(43-57-23-55-39(59-43)34-35(27-9-10-27)54-22-56-42(34)68-4)21-33(66)63-14-13-61(17-25(63)3)30-15-29(70-60-44(67)11-12-44)19-65-31(30)16-53-41(65)38(52)69-37(51)36(46)47/h5-8,15-16,19-20,22-25,27,36,51-52,60,67H,9-14,17-18,21H2,1-4H3. The number of rotatable bonds is 16. The van der Waals surface area contributed by atoms with Crippen LogP contribution in [0.3, 0.4) is 0 Å². The molecule has 9 rings (SSSR count). The second-order valence-corrected chi connectivity index (χ2v) is 19.6. The number of carbonyl (C=O) groups is 1. The summed E-state index contributed by atoms with van der Waals surface area (Å²) in [5.41, 5.74) is 1.73. The summed E-state index contributed by atoms with van der Waals surface area (Å²) in [4.78, 5) is 51.9. The van der Waals surface area contributed by atoms with Crippen molar-refractivity contribution in [3.05, 3.63) is 84.4 Å². The van der Waals surface area contributed by atoms with Gasteiger partial charge in [0.15, 0.2) is 17.3 Å². The van der Waals surface area contributed by atoms with Gasteiger partial charge >= 0.3 is 6.18 Å². The van der Waals surface area contributed by atoms with Crippen molar-refractivity contribution in [2.24, 2.45) is 0 Å². The number of pyridine rings is 1. The predicted octanol–water partition coefficient (Wildman–Crippen LogP) is 7.45. The molecule has 3 fully saturated rings. The molecular weight excluding hydrogens is 958 g/mol. The molecule has 25 heteroatoms. The van der Waals surface area contributed by atoms with E-state index in [0.29, 0.717) is 76.4 Å². The summed E-state index contributed by atoms with van der Waals surface area (Å²) in [5, 5.41) is 25.4. The van der Waals surface area contributed by atoms with Gasteiger partial charge in [-0.2, -0.15) is 18.2 Å². The molecule has 1 amide bonds. The highest BCUT2D eigenvalue weighted by molar-refractivity contribution is 8.26. The number of nitrogens with zero attached hydrogens (tertiary/aromatic N) is 12. The number of halogens is 5. The van der Waals surface area contributed by atoms with Gasteiger partial charge in [0.25, 0.3) is 6.43 Å². The van der Waals surface area contributed by atoms with Gasteiger partial charge in [-0.3, -0.25) is 20.0 Å². The summed E-state index contributed by atoms with van der Waals surface area (Å²) in [6.07, 6.45) is 2.39. The maximum Gasteiger partial charge on any atom is 0.434 e. The van der Waals surface area contributed by atoms with Crippen LogP contribution >= 0.6 is 23.7 Å². The Morgan fingerprint density at radius 2 is 1.77 bits per heavy atom. The first-order chi connectivity index (χ1) is 33.4. The number of fused-ring (bicyclic) bond motifs is 1. The average Bonchev–Trinajstić information content (AvgIpc) is 4.22. The number of methoxy groups -OCH3 is 1. The van der Waals surface area contributed by atoms with E-state index in [0.717, 1.165) is 24.7 Å². The van der Waals surface area contributed by atoms with Crippen LogP contribution in [0.1, 0.15) is 81.2 Å². The van der Waals surface area contributed by atoms with Crippen molar-refractivity contribution in [3.8, 4) is 28.7 Å². The predicted molar refractivity (Wildman–Crippen MR) is 253 cm³/mol. The number of piperazine rings is 1. The molecular formula is C45H48F5N15O3S2. The molecule has 6 aromatic rings. The van der Waals surface area contributed by atoms with E-state index in [1.54, 1.807) is 64.7 Å². The van der Waals surface area contributed by atoms with Crippen molar-refractivity contribution in [1.82, 2.24) is 53.5 Å². The Morgan fingerprint density at radius 3 is 2.43 bits per heavy atom. The Morgan fingerprint density at radius 1 is 1.03 bits per heavy atom. The highest BCUT2D eigenvalue weighted by Crippen LogP contribution is 2.45.